The van der Waals surface area contributed by atoms with E-state index in [2.05, 4.69) is 59.8 Å². The first kappa shape index (κ1) is 27.5. The quantitative estimate of drug-likeness (QED) is 0.169. The Morgan fingerprint density at radius 3 is 2.65 bits per heavy atom. The zero-order chi connectivity index (χ0) is 26.5. The molecule has 0 saturated carbocycles. The summed E-state index contributed by atoms with van der Waals surface area (Å²) in [6, 6.07) is 13.4. The van der Waals surface area contributed by atoms with Crippen molar-refractivity contribution in [2.75, 3.05) is 7.11 Å². The van der Waals surface area contributed by atoms with Crippen LogP contribution in [0, 0.1) is 5.82 Å². The van der Waals surface area contributed by atoms with Crippen LogP contribution in [-0.2, 0) is 13.0 Å². The van der Waals surface area contributed by atoms with E-state index in [4.69, 9.17) is 14.5 Å². The van der Waals surface area contributed by atoms with Crippen molar-refractivity contribution < 1.29 is 13.9 Å². The number of benzene rings is 3. The highest BCUT2D eigenvalue weighted by Crippen LogP contribution is 2.42. The SMILES string of the molecule is CCCCc1nc2ccc(Br)cc2c(=O)n1N=Cc1cc(OC)c(OCc2cccc(F)c2)c(Br)c1Br. The molecule has 6 nitrogen and oxygen atoms in total. The number of hydrogen-bond donors (Lipinski definition) is 0. The maximum Gasteiger partial charge on any atom is 0.282 e. The predicted octanol–water partition coefficient (Wildman–Crippen LogP) is 7.64. The van der Waals surface area contributed by atoms with Crippen molar-refractivity contribution in [2.45, 2.75) is 32.8 Å². The molecule has 4 aromatic rings. The van der Waals surface area contributed by atoms with Gasteiger partial charge >= 0.3 is 0 Å². The Kier molecular flexibility index (Phi) is 9.15. The molecule has 1 heterocycles. The lowest BCUT2D eigenvalue weighted by Crippen LogP contribution is -2.22. The third-order valence-corrected chi connectivity index (χ3v) is 8.23. The molecule has 0 saturated heterocycles. The first-order valence-electron chi connectivity index (χ1n) is 11.5. The lowest BCUT2D eigenvalue weighted by atomic mass is 10.2. The Hall–Kier alpha value is -2.56. The van der Waals surface area contributed by atoms with Gasteiger partial charge in [0.05, 0.1) is 28.7 Å². The second-order valence-electron chi connectivity index (χ2n) is 8.20. The summed E-state index contributed by atoms with van der Waals surface area (Å²) >= 11 is 10.6. The second kappa shape index (κ2) is 12.3. The number of methoxy groups -OCH3 is 1. The summed E-state index contributed by atoms with van der Waals surface area (Å²) in [5.41, 5.74) is 1.73. The molecule has 192 valence electrons. The lowest BCUT2D eigenvalue weighted by Gasteiger charge is -2.15. The Morgan fingerprint density at radius 1 is 1.11 bits per heavy atom. The van der Waals surface area contributed by atoms with E-state index in [1.54, 1.807) is 30.5 Å². The summed E-state index contributed by atoms with van der Waals surface area (Å²) in [5, 5.41) is 5.01. The molecule has 1 aromatic heterocycles. The van der Waals surface area contributed by atoms with Gasteiger partial charge in [0.1, 0.15) is 18.2 Å². The van der Waals surface area contributed by atoms with Crippen LogP contribution in [0.4, 0.5) is 4.39 Å². The zero-order valence-electron chi connectivity index (χ0n) is 20.1. The van der Waals surface area contributed by atoms with E-state index in [0.717, 1.165) is 17.3 Å². The Balaban J connectivity index is 1.72. The fourth-order valence-corrected chi connectivity index (χ4v) is 4.99. The van der Waals surface area contributed by atoms with Crippen molar-refractivity contribution in [3.63, 3.8) is 0 Å². The van der Waals surface area contributed by atoms with E-state index >= 15 is 0 Å². The van der Waals surface area contributed by atoms with Crippen LogP contribution in [0.1, 0.15) is 36.7 Å². The molecular weight excluding hydrogens is 673 g/mol. The fourth-order valence-electron chi connectivity index (χ4n) is 3.70. The molecule has 0 spiro atoms. The molecule has 0 radical (unpaired) electrons. The maximum atomic E-state index is 13.5. The predicted molar refractivity (Wildman–Crippen MR) is 154 cm³/mol. The minimum absolute atomic E-state index is 0.154. The van der Waals surface area contributed by atoms with Crippen molar-refractivity contribution >= 4 is 64.9 Å². The van der Waals surface area contributed by atoms with Gasteiger partial charge in [-0.15, -0.1) is 0 Å². The van der Waals surface area contributed by atoms with Gasteiger partial charge in [-0.3, -0.25) is 4.79 Å². The molecule has 0 bridgehead atoms. The summed E-state index contributed by atoms with van der Waals surface area (Å²) in [4.78, 5) is 18.1. The minimum atomic E-state index is -0.330. The zero-order valence-corrected chi connectivity index (χ0v) is 24.9. The van der Waals surface area contributed by atoms with E-state index in [1.165, 1.54) is 23.9 Å². The first-order chi connectivity index (χ1) is 17.8. The summed E-state index contributed by atoms with van der Waals surface area (Å²) < 4.78 is 28.5. The van der Waals surface area contributed by atoms with Crippen molar-refractivity contribution in [1.82, 2.24) is 9.66 Å². The average molecular weight is 696 g/mol. The molecule has 10 heteroatoms. The fraction of sp³-hybridized carbons (Fsp3) is 0.222. The summed E-state index contributed by atoms with van der Waals surface area (Å²) in [7, 11) is 1.53. The lowest BCUT2D eigenvalue weighted by molar-refractivity contribution is 0.282. The van der Waals surface area contributed by atoms with Gasteiger partial charge in [0.2, 0.25) is 0 Å². The third-order valence-electron chi connectivity index (χ3n) is 5.59. The highest BCUT2D eigenvalue weighted by Gasteiger charge is 2.17. The van der Waals surface area contributed by atoms with Gasteiger partial charge in [-0.05, 0) is 80.2 Å². The van der Waals surface area contributed by atoms with Gasteiger partial charge in [-0.1, -0.05) is 41.4 Å². The number of hydrogen-bond acceptors (Lipinski definition) is 5. The molecule has 0 aliphatic heterocycles. The van der Waals surface area contributed by atoms with Gasteiger partial charge < -0.3 is 9.47 Å². The van der Waals surface area contributed by atoms with Crippen LogP contribution in [0.25, 0.3) is 10.9 Å². The van der Waals surface area contributed by atoms with Gasteiger partial charge in [-0.2, -0.15) is 9.78 Å². The molecule has 3 aromatic carbocycles. The van der Waals surface area contributed by atoms with Gasteiger partial charge in [0, 0.05) is 20.9 Å². The Morgan fingerprint density at radius 2 is 1.92 bits per heavy atom. The highest BCUT2D eigenvalue weighted by molar-refractivity contribution is 9.13. The van der Waals surface area contributed by atoms with Crippen molar-refractivity contribution in [3.05, 3.63) is 95.1 Å². The number of fused-ring (bicyclic) bond motifs is 1. The maximum absolute atomic E-state index is 13.5. The number of halogens is 4. The standard InChI is InChI=1S/C27H23Br3FN3O3/c1-3-4-8-23-33-21-10-9-18(28)13-20(21)27(35)34(23)32-14-17-12-22(36-2)26(25(30)24(17)29)37-15-16-6-5-7-19(31)11-16/h5-7,9-14H,3-4,8,15H2,1-2H3. The average Bonchev–Trinajstić information content (AvgIpc) is 2.89. The molecule has 37 heavy (non-hydrogen) atoms. The van der Waals surface area contributed by atoms with E-state index in [9.17, 15) is 9.18 Å². The highest BCUT2D eigenvalue weighted by atomic mass is 79.9. The molecule has 0 amide bonds. The summed E-state index contributed by atoms with van der Waals surface area (Å²) in [5.74, 6) is 1.17. The van der Waals surface area contributed by atoms with E-state index in [-0.39, 0.29) is 18.0 Å². The molecule has 0 aliphatic carbocycles. The largest absolute Gasteiger partial charge is 0.493 e. The van der Waals surface area contributed by atoms with Crippen LogP contribution in [0.2, 0.25) is 0 Å². The van der Waals surface area contributed by atoms with E-state index < -0.39 is 0 Å². The van der Waals surface area contributed by atoms with Crippen LogP contribution < -0.4 is 15.0 Å². The normalized spacial score (nSPS) is 11.4. The van der Waals surface area contributed by atoms with E-state index in [1.807, 2.05) is 12.1 Å². The van der Waals surface area contributed by atoms with Crippen molar-refractivity contribution in [1.29, 1.82) is 0 Å². The first-order valence-corrected chi connectivity index (χ1v) is 13.9. The molecule has 0 N–H and O–H groups in total. The molecule has 0 atom stereocenters. The smallest absolute Gasteiger partial charge is 0.282 e. The van der Waals surface area contributed by atoms with Gasteiger partial charge in [0.25, 0.3) is 5.56 Å². The molecular formula is C27H23Br3FN3O3. The van der Waals surface area contributed by atoms with Crippen LogP contribution >= 0.6 is 47.8 Å². The number of unbranched alkanes of at least 4 members (excludes halogenated alkanes) is 1. The van der Waals surface area contributed by atoms with E-state index in [0.29, 0.717) is 54.7 Å². The number of rotatable bonds is 9. The Bertz CT molecular complexity index is 1540. The van der Waals surface area contributed by atoms with Gasteiger partial charge in [-0.25, -0.2) is 9.37 Å². The number of aryl methyl sites for hydroxylation is 1. The number of aromatic nitrogens is 2. The van der Waals surface area contributed by atoms with Crippen LogP contribution in [0.3, 0.4) is 0 Å². The molecule has 0 unspecified atom stereocenters. The molecule has 0 fully saturated rings. The van der Waals surface area contributed by atoms with Crippen molar-refractivity contribution in [3.8, 4) is 11.5 Å². The van der Waals surface area contributed by atoms with Crippen LogP contribution in [0.15, 0.2) is 71.8 Å². The third kappa shape index (κ3) is 6.30. The van der Waals surface area contributed by atoms with Crippen LogP contribution in [-0.4, -0.2) is 23.0 Å². The Labute approximate surface area is 238 Å². The topological polar surface area (TPSA) is 65.7 Å². The number of ether oxygens (including phenoxy) is 2. The molecule has 4 rings (SSSR count). The van der Waals surface area contributed by atoms with Crippen LogP contribution in [0.5, 0.6) is 11.5 Å². The minimum Gasteiger partial charge on any atom is -0.493 e. The summed E-state index contributed by atoms with van der Waals surface area (Å²) in [6.45, 7) is 2.24. The van der Waals surface area contributed by atoms with Gasteiger partial charge in [0.15, 0.2) is 11.5 Å². The monoisotopic (exact) mass is 693 g/mol. The van der Waals surface area contributed by atoms with Crippen molar-refractivity contribution in [2.24, 2.45) is 5.10 Å². The second-order valence-corrected chi connectivity index (χ2v) is 10.7. The molecule has 0 aliphatic rings. The number of nitrogens with zero attached hydrogens (tertiary/aromatic N) is 3. The summed E-state index contributed by atoms with van der Waals surface area (Å²) in [6.07, 6.45) is 4.04.